The molecule has 0 spiro atoms. The van der Waals surface area contributed by atoms with Crippen molar-refractivity contribution in [3.05, 3.63) is 10.6 Å². The fourth-order valence-electron chi connectivity index (χ4n) is 2.85. The summed E-state index contributed by atoms with van der Waals surface area (Å²) in [6, 6.07) is 0.570. The van der Waals surface area contributed by atoms with Crippen LogP contribution in [0.25, 0.3) is 0 Å². The van der Waals surface area contributed by atoms with Gasteiger partial charge in [0.1, 0.15) is 0 Å². The summed E-state index contributed by atoms with van der Waals surface area (Å²) in [5.74, 6) is 0.489. The standard InChI is InChI=1S/C15H26N4OS/c1-11(2)15-13(21-18-17-15)10-16-14(20)8-7-12-6-4-5-9-19(12)3/h11-12H,4-10H2,1-3H3,(H,16,20). The maximum atomic E-state index is 12.0. The number of hydrogen-bond donors (Lipinski definition) is 1. The quantitative estimate of drug-likeness (QED) is 0.877. The van der Waals surface area contributed by atoms with Crippen LogP contribution < -0.4 is 5.32 Å². The van der Waals surface area contributed by atoms with Crippen molar-refractivity contribution in [1.82, 2.24) is 19.8 Å². The molecule has 0 aromatic carbocycles. The predicted octanol–water partition coefficient (Wildman–Crippen LogP) is 2.54. The summed E-state index contributed by atoms with van der Waals surface area (Å²) >= 11 is 1.38. The minimum atomic E-state index is 0.136. The topological polar surface area (TPSA) is 58.1 Å². The van der Waals surface area contributed by atoms with Gasteiger partial charge in [-0.15, -0.1) is 5.10 Å². The molecule has 1 aromatic heterocycles. The normalized spacial score (nSPS) is 19.9. The number of rotatable bonds is 6. The van der Waals surface area contributed by atoms with Gasteiger partial charge in [-0.2, -0.15) is 0 Å². The lowest BCUT2D eigenvalue weighted by atomic mass is 9.98. The Morgan fingerprint density at radius 1 is 1.48 bits per heavy atom. The molecule has 21 heavy (non-hydrogen) atoms. The second kappa shape index (κ2) is 7.84. The zero-order chi connectivity index (χ0) is 15.2. The fraction of sp³-hybridized carbons (Fsp3) is 0.800. The van der Waals surface area contributed by atoms with Crippen LogP contribution in [0.1, 0.15) is 62.4 Å². The molecule has 5 nitrogen and oxygen atoms in total. The molecular weight excluding hydrogens is 284 g/mol. The number of carbonyl (C=O) groups excluding carboxylic acids is 1. The van der Waals surface area contributed by atoms with Crippen LogP contribution in [0.15, 0.2) is 0 Å². The van der Waals surface area contributed by atoms with E-state index in [1.54, 1.807) is 0 Å². The van der Waals surface area contributed by atoms with E-state index in [9.17, 15) is 4.79 Å². The lowest BCUT2D eigenvalue weighted by Crippen LogP contribution is -2.37. The average Bonchev–Trinajstić information content (AvgIpc) is 2.93. The van der Waals surface area contributed by atoms with Crippen LogP contribution in [0, 0.1) is 0 Å². The van der Waals surface area contributed by atoms with Crippen LogP contribution in [-0.2, 0) is 11.3 Å². The molecule has 1 aliphatic rings. The Morgan fingerprint density at radius 3 is 3.00 bits per heavy atom. The average molecular weight is 310 g/mol. The number of piperidine rings is 1. The van der Waals surface area contributed by atoms with Crippen molar-refractivity contribution in [2.45, 2.75) is 64.5 Å². The van der Waals surface area contributed by atoms with E-state index < -0.39 is 0 Å². The van der Waals surface area contributed by atoms with E-state index >= 15 is 0 Å². The Labute approximate surface area is 131 Å². The molecule has 0 saturated carbocycles. The number of aromatic nitrogens is 2. The number of carbonyl (C=O) groups is 1. The molecule has 6 heteroatoms. The number of nitrogens with one attached hydrogen (secondary N) is 1. The van der Waals surface area contributed by atoms with Gasteiger partial charge in [-0.05, 0) is 50.3 Å². The molecule has 2 rings (SSSR count). The minimum Gasteiger partial charge on any atom is -0.351 e. The van der Waals surface area contributed by atoms with E-state index in [2.05, 4.69) is 40.7 Å². The zero-order valence-electron chi connectivity index (χ0n) is 13.3. The first kappa shape index (κ1) is 16.4. The first-order chi connectivity index (χ1) is 10.1. The van der Waals surface area contributed by atoms with Gasteiger partial charge in [0.25, 0.3) is 0 Å². The van der Waals surface area contributed by atoms with Gasteiger partial charge in [-0.25, -0.2) is 0 Å². The van der Waals surface area contributed by atoms with Gasteiger partial charge < -0.3 is 10.2 Å². The predicted molar refractivity (Wildman–Crippen MR) is 85.3 cm³/mol. The largest absolute Gasteiger partial charge is 0.351 e. The highest BCUT2D eigenvalue weighted by molar-refractivity contribution is 7.05. The molecule has 1 aromatic rings. The van der Waals surface area contributed by atoms with Crippen LogP contribution in [0.2, 0.25) is 0 Å². The molecule has 1 amide bonds. The van der Waals surface area contributed by atoms with Gasteiger partial charge in [0.15, 0.2) is 0 Å². The van der Waals surface area contributed by atoms with Crippen molar-refractivity contribution < 1.29 is 4.79 Å². The molecule has 118 valence electrons. The summed E-state index contributed by atoms with van der Waals surface area (Å²) in [6.45, 7) is 5.92. The third-order valence-corrected chi connectivity index (χ3v) is 4.94. The molecule has 1 fully saturated rings. The summed E-state index contributed by atoms with van der Waals surface area (Å²) < 4.78 is 3.98. The number of hydrogen-bond acceptors (Lipinski definition) is 5. The molecule has 0 aliphatic carbocycles. The smallest absolute Gasteiger partial charge is 0.220 e. The lowest BCUT2D eigenvalue weighted by molar-refractivity contribution is -0.121. The molecule has 1 atom stereocenters. The van der Waals surface area contributed by atoms with Crippen LogP contribution in [0.5, 0.6) is 0 Å². The summed E-state index contributed by atoms with van der Waals surface area (Å²) in [6.07, 6.45) is 5.37. The first-order valence-corrected chi connectivity index (χ1v) is 8.63. The molecule has 0 radical (unpaired) electrons. The molecule has 1 unspecified atom stereocenters. The van der Waals surface area contributed by atoms with Crippen molar-refractivity contribution in [2.24, 2.45) is 0 Å². The summed E-state index contributed by atoms with van der Waals surface area (Å²) in [5, 5.41) is 7.14. The van der Waals surface area contributed by atoms with Crippen molar-refractivity contribution >= 4 is 17.4 Å². The lowest BCUT2D eigenvalue weighted by Gasteiger charge is -2.32. The van der Waals surface area contributed by atoms with Crippen molar-refractivity contribution in [3.8, 4) is 0 Å². The SMILES string of the molecule is CC(C)c1nnsc1CNC(=O)CCC1CCCCN1C. The maximum Gasteiger partial charge on any atom is 0.220 e. The third-order valence-electron chi connectivity index (χ3n) is 4.20. The molecule has 2 heterocycles. The van der Waals surface area contributed by atoms with Crippen LogP contribution >= 0.6 is 11.5 Å². The van der Waals surface area contributed by atoms with Gasteiger partial charge in [0.05, 0.1) is 17.1 Å². The highest BCUT2D eigenvalue weighted by atomic mass is 32.1. The van der Waals surface area contributed by atoms with Crippen molar-refractivity contribution in [1.29, 1.82) is 0 Å². The molecule has 1 aliphatic heterocycles. The van der Waals surface area contributed by atoms with Crippen LogP contribution in [-0.4, -0.2) is 40.0 Å². The van der Waals surface area contributed by atoms with Crippen molar-refractivity contribution in [2.75, 3.05) is 13.6 Å². The van der Waals surface area contributed by atoms with Gasteiger partial charge in [-0.3, -0.25) is 4.79 Å². The highest BCUT2D eigenvalue weighted by Crippen LogP contribution is 2.20. The number of likely N-dealkylation sites (tertiary alicyclic amines) is 1. The van der Waals surface area contributed by atoms with Gasteiger partial charge >= 0.3 is 0 Å². The Hall–Kier alpha value is -1.01. The molecule has 1 saturated heterocycles. The number of amides is 1. The first-order valence-electron chi connectivity index (χ1n) is 7.86. The molecule has 0 bridgehead atoms. The molecule has 1 N–H and O–H groups in total. The van der Waals surface area contributed by atoms with E-state index in [-0.39, 0.29) is 5.91 Å². The van der Waals surface area contributed by atoms with Crippen molar-refractivity contribution in [3.63, 3.8) is 0 Å². The van der Waals surface area contributed by atoms with E-state index in [1.165, 1.54) is 30.8 Å². The van der Waals surface area contributed by atoms with E-state index in [0.717, 1.165) is 23.5 Å². The number of nitrogens with zero attached hydrogens (tertiary/aromatic N) is 3. The van der Waals surface area contributed by atoms with Gasteiger partial charge in [0, 0.05) is 12.5 Å². The minimum absolute atomic E-state index is 0.136. The van der Waals surface area contributed by atoms with Crippen LogP contribution in [0.3, 0.4) is 0 Å². The summed E-state index contributed by atoms with van der Waals surface area (Å²) in [5.41, 5.74) is 1.01. The van der Waals surface area contributed by atoms with Gasteiger partial charge in [0.2, 0.25) is 5.91 Å². The Bertz CT molecular complexity index is 460. The van der Waals surface area contributed by atoms with E-state index in [0.29, 0.717) is 24.9 Å². The summed E-state index contributed by atoms with van der Waals surface area (Å²) in [4.78, 5) is 15.5. The van der Waals surface area contributed by atoms with Crippen LogP contribution in [0.4, 0.5) is 0 Å². The summed E-state index contributed by atoms with van der Waals surface area (Å²) in [7, 11) is 2.17. The monoisotopic (exact) mass is 310 g/mol. The highest BCUT2D eigenvalue weighted by Gasteiger charge is 2.19. The van der Waals surface area contributed by atoms with E-state index in [4.69, 9.17) is 0 Å². The second-order valence-corrected chi connectivity index (χ2v) is 7.02. The molecular formula is C15H26N4OS. The van der Waals surface area contributed by atoms with E-state index in [1.807, 2.05) is 0 Å². The fourth-order valence-corrected chi connectivity index (χ4v) is 3.58. The third kappa shape index (κ3) is 4.74. The van der Waals surface area contributed by atoms with Gasteiger partial charge in [-0.1, -0.05) is 24.8 Å². The maximum absolute atomic E-state index is 12.0. The zero-order valence-corrected chi connectivity index (χ0v) is 14.1. The Morgan fingerprint density at radius 2 is 2.29 bits per heavy atom. The second-order valence-electron chi connectivity index (χ2n) is 6.18. The Kier molecular flexibility index (Phi) is 6.11. The Balaban J connectivity index is 1.73.